The van der Waals surface area contributed by atoms with Gasteiger partial charge in [-0.05, 0) is 54.3 Å². The second kappa shape index (κ2) is 9.10. The summed E-state index contributed by atoms with van der Waals surface area (Å²) >= 11 is 13.7. The van der Waals surface area contributed by atoms with Crippen molar-refractivity contribution < 1.29 is 4.79 Å². The standard InChI is InChI=1S/C25H23Cl2N3OS/c1-5-10-30-22-9-6-16(14(2)3)11-19(22)15(4)23(30)24(31)29-25-28-21(13-32-25)18-8-7-17(26)12-20(18)27/h5-9,11-14H,1,10H2,2-4H3,(H,28,29,31). The van der Waals surface area contributed by atoms with Crippen LogP contribution in [0.2, 0.25) is 10.0 Å². The Bertz CT molecular complexity index is 1340. The summed E-state index contributed by atoms with van der Waals surface area (Å²) < 4.78 is 2.00. The van der Waals surface area contributed by atoms with E-state index in [0.717, 1.165) is 22.0 Å². The highest BCUT2D eigenvalue weighted by atomic mass is 35.5. The molecule has 1 N–H and O–H groups in total. The molecule has 0 aliphatic carbocycles. The second-order valence-corrected chi connectivity index (χ2v) is 9.62. The molecular formula is C25H23Cl2N3OS. The molecule has 0 spiro atoms. The maximum absolute atomic E-state index is 13.3. The van der Waals surface area contributed by atoms with Gasteiger partial charge in [0, 0.05) is 33.4 Å². The van der Waals surface area contributed by atoms with Gasteiger partial charge in [0.25, 0.3) is 5.91 Å². The average Bonchev–Trinajstić information content (AvgIpc) is 3.31. The number of carbonyl (C=O) groups is 1. The number of hydrogen-bond acceptors (Lipinski definition) is 3. The predicted molar refractivity (Wildman–Crippen MR) is 136 cm³/mol. The molecule has 0 fully saturated rings. The van der Waals surface area contributed by atoms with Gasteiger partial charge in [-0.25, -0.2) is 4.98 Å². The normalized spacial score (nSPS) is 11.3. The van der Waals surface area contributed by atoms with E-state index in [9.17, 15) is 4.79 Å². The van der Waals surface area contributed by atoms with Crippen LogP contribution in [0.3, 0.4) is 0 Å². The van der Waals surface area contributed by atoms with Gasteiger partial charge >= 0.3 is 0 Å². The van der Waals surface area contributed by atoms with Gasteiger partial charge in [-0.3, -0.25) is 10.1 Å². The number of thiazole rings is 1. The molecule has 2 aromatic carbocycles. The number of nitrogens with zero attached hydrogens (tertiary/aromatic N) is 2. The van der Waals surface area contributed by atoms with E-state index < -0.39 is 0 Å². The molecule has 0 radical (unpaired) electrons. The molecule has 1 amide bonds. The summed E-state index contributed by atoms with van der Waals surface area (Å²) in [5.74, 6) is 0.210. The number of nitrogens with one attached hydrogen (secondary N) is 1. The summed E-state index contributed by atoms with van der Waals surface area (Å²) in [5.41, 5.74) is 5.28. The molecule has 0 atom stereocenters. The van der Waals surface area contributed by atoms with E-state index in [1.165, 1.54) is 16.9 Å². The van der Waals surface area contributed by atoms with E-state index in [1.807, 2.05) is 22.9 Å². The molecule has 0 saturated carbocycles. The zero-order valence-corrected chi connectivity index (χ0v) is 20.4. The number of halogens is 2. The van der Waals surface area contributed by atoms with Crippen LogP contribution in [0.1, 0.15) is 41.4 Å². The number of rotatable bonds is 6. The van der Waals surface area contributed by atoms with E-state index in [1.54, 1.807) is 18.2 Å². The third kappa shape index (κ3) is 4.20. The highest BCUT2D eigenvalue weighted by Crippen LogP contribution is 2.33. The molecule has 32 heavy (non-hydrogen) atoms. The fraction of sp³-hybridized carbons (Fsp3) is 0.200. The van der Waals surface area contributed by atoms with Gasteiger partial charge in [0.05, 0.1) is 10.7 Å². The fourth-order valence-electron chi connectivity index (χ4n) is 3.82. The van der Waals surface area contributed by atoms with E-state index in [2.05, 4.69) is 48.9 Å². The minimum absolute atomic E-state index is 0.199. The topological polar surface area (TPSA) is 46.9 Å². The van der Waals surface area contributed by atoms with Crippen molar-refractivity contribution in [3.8, 4) is 11.3 Å². The number of fused-ring (bicyclic) bond motifs is 1. The van der Waals surface area contributed by atoms with Crippen molar-refractivity contribution >= 4 is 56.5 Å². The molecule has 4 nitrogen and oxygen atoms in total. The van der Waals surface area contributed by atoms with Crippen molar-refractivity contribution in [2.75, 3.05) is 5.32 Å². The fourth-order valence-corrected chi connectivity index (χ4v) is 5.03. The highest BCUT2D eigenvalue weighted by molar-refractivity contribution is 7.14. The van der Waals surface area contributed by atoms with Gasteiger partial charge in [-0.2, -0.15) is 0 Å². The van der Waals surface area contributed by atoms with Crippen LogP contribution < -0.4 is 5.32 Å². The summed E-state index contributed by atoms with van der Waals surface area (Å²) in [5, 5.41) is 7.50. The van der Waals surface area contributed by atoms with Crippen molar-refractivity contribution in [2.24, 2.45) is 0 Å². The van der Waals surface area contributed by atoms with Gasteiger partial charge in [0.2, 0.25) is 0 Å². The highest BCUT2D eigenvalue weighted by Gasteiger charge is 2.21. The minimum Gasteiger partial charge on any atom is -0.332 e. The third-order valence-electron chi connectivity index (χ3n) is 5.47. The van der Waals surface area contributed by atoms with Crippen molar-refractivity contribution in [3.63, 3.8) is 0 Å². The van der Waals surface area contributed by atoms with Crippen LogP contribution in [0.15, 0.2) is 54.4 Å². The first-order chi connectivity index (χ1) is 15.3. The third-order valence-corrected chi connectivity index (χ3v) is 6.77. The van der Waals surface area contributed by atoms with Crippen LogP contribution in [0, 0.1) is 6.92 Å². The number of allylic oxidation sites excluding steroid dienone is 1. The number of carbonyl (C=O) groups excluding carboxylic acids is 1. The lowest BCUT2D eigenvalue weighted by Crippen LogP contribution is -2.18. The van der Waals surface area contributed by atoms with Crippen LogP contribution in [0.25, 0.3) is 22.2 Å². The molecule has 4 aromatic rings. The van der Waals surface area contributed by atoms with Crippen LogP contribution in [0.4, 0.5) is 5.13 Å². The molecule has 4 rings (SSSR count). The monoisotopic (exact) mass is 483 g/mol. The van der Waals surface area contributed by atoms with E-state index in [4.69, 9.17) is 23.2 Å². The zero-order chi connectivity index (χ0) is 23.0. The second-order valence-electron chi connectivity index (χ2n) is 7.92. The lowest BCUT2D eigenvalue weighted by Gasteiger charge is -2.09. The summed E-state index contributed by atoms with van der Waals surface area (Å²) in [7, 11) is 0. The zero-order valence-electron chi connectivity index (χ0n) is 18.1. The summed E-state index contributed by atoms with van der Waals surface area (Å²) in [4.78, 5) is 17.9. The summed E-state index contributed by atoms with van der Waals surface area (Å²) in [6.45, 7) is 10.7. The lowest BCUT2D eigenvalue weighted by molar-refractivity contribution is 0.101. The number of aromatic nitrogens is 2. The van der Waals surface area contributed by atoms with Crippen molar-refractivity contribution in [3.05, 3.63) is 81.3 Å². The number of amides is 1. The maximum atomic E-state index is 13.3. The molecular weight excluding hydrogens is 461 g/mol. The van der Waals surface area contributed by atoms with Crippen molar-refractivity contribution in [1.29, 1.82) is 0 Å². The molecule has 7 heteroatoms. The van der Waals surface area contributed by atoms with Crippen molar-refractivity contribution in [2.45, 2.75) is 33.2 Å². The molecule has 2 aromatic heterocycles. The lowest BCUT2D eigenvalue weighted by atomic mass is 10.0. The van der Waals surface area contributed by atoms with E-state index in [0.29, 0.717) is 39.0 Å². The van der Waals surface area contributed by atoms with Crippen molar-refractivity contribution in [1.82, 2.24) is 9.55 Å². The number of hydrogen-bond donors (Lipinski definition) is 1. The molecule has 2 heterocycles. The van der Waals surface area contributed by atoms with E-state index >= 15 is 0 Å². The SMILES string of the molecule is C=CCn1c(C(=O)Nc2nc(-c3ccc(Cl)cc3Cl)cs2)c(C)c2cc(C(C)C)ccc21. The van der Waals surface area contributed by atoms with Crippen LogP contribution in [-0.2, 0) is 6.54 Å². The van der Waals surface area contributed by atoms with Gasteiger partial charge < -0.3 is 4.57 Å². The Morgan fingerprint density at radius 2 is 2.03 bits per heavy atom. The molecule has 0 bridgehead atoms. The van der Waals surface area contributed by atoms with Crippen LogP contribution in [-0.4, -0.2) is 15.5 Å². The Labute approximate surface area is 201 Å². The molecule has 164 valence electrons. The first kappa shape index (κ1) is 22.6. The van der Waals surface area contributed by atoms with E-state index in [-0.39, 0.29) is 5.91 Å². The Balaban J connectivity index is 1.70. The predicted octanol–water partition coefficient (Wildman–Crippen LogP) is 7.94. The van der Waals surface area contributed by atoms with Crippen LogP contribution in [0.5, 0.6) is 0 Å². The van der Waals surface area contributed by atoms with Crippen LogP contribution >= 0.6 is 34.5 Å². The van der Waals surface area contributed by atoms with Gasteiger partial charge in [0.15, 0.2) is 5.13 Å². The summed E-state index contributed by atoms with van der Waals surface area (Å²) in [6, 6.07) is 11.7. The number of benzene rings is 2. The molecule has 0 aliphatic rings. The maximum Gasteiger partial charge on any atom is 0.274 e. The Morgan fingerprint density at radius 1 is 1.25 bits per heavy atom. The quantitative estimate of drug-likeness (QED) is 0.282. The van der Waals surface area contributed by atoms with Gasteiger partial charge in [-0.15, -0.1) is 17.9 Å². The minimum atomic E-state index is -0.199. The Hall–Kier alpha value is -2.60. The molecule has 0 saturated heterocycles. The first-order valence-corrected chi connectivity index (χ1v) is 11.9. The van der Waals surface area contributed by atoms with Gasteiger partial charge in [0.1, 0.15) is 5.69 Å². The molecule has 0 aliphatic heterocycles. The summed E-state index contributed by atoms with van der Waals surface area (Å²) in [6.07, 6.45) is 1.80. The first-order valence-electron chi connectivity index (χ1n) is 10.3. The number of anilines is 1. The molecule has 0 unspecified atom stereocenters. The largest absolute Gasteiger partial charge is 0.332 e. The smallest absolute Gasteiger partial charge is 0.274 e. The average molecular weight is 484 g/mol. The Morgan fingerprint density at radius 3 is 2.72 bits per heavy atom. The van der Waals surface area contributed by atoms with Gasteiger partial charge in [-0.1, -0.05) is 49.2 Å². The Kier molecular flexibility index (Phi) is 6.42. The number of aryl methyl sites for hydroxylation is 1.